The van der Waals surface area contributed by atoms with E-state index in [-0.39, 0.29) is 0 Å². The van der Waals surface area contributed by atoms with Gasteiger partial charge in [0.15, 0.2) is 0 Å². The highest BCUT2D eigenvalue weighted by Gasteiger charge is 2.36. The van der Waals surface area contributed by atoms with Crippen LogP contribution in [0.2, 0.25) is 0 Å². The molecule has 1 aliphatic carbocycles. The van der Waals surface area contributed by atoms with E-state index < -0.39 is 15.8 Å². The molecule has 178 valence electrons. The Labute approximate surface area is 211 Å². The SMILES string of the molecule is Cc1cc(C)cc(P(c2cc(C)cc(C)c2)C(C)C2C=CC=C2P(c2ccco2)c2ccco2)c1. The van der Waals surface area contributed by atoms with E-state index >= 15 is 0 Å². The van der Waals surface area contributed by atoms with Crippen LogP contribution in [-0.2, 0) is 0 Å². The molecule has 2 aromatic heterocycles. The first-order valence-electron chi connectivity index (χ1n) is 12.1. The highest BCUT2D eigenvalue weighted by Crippen LogP contribution is 2.55. The lowest BCUT2D eigenvalue weighted by atomic mass is 10.1. The summed E-state index contributed by atoms with van der Waals surface area (Å²) in [4.78, 5) is 0. The third kappa shape index (κ3) is 5.02. The van der Waals surface area contributed by atoms with Gasteiger partial charge in [-0.1, -0.05) is 83.8 Å². The summed E-state index contributed by atoms with van der Waals surface area (Å²) in [5, 5.41) is 4.31. The molecule has 0 saturated heterocycles. The van der Waals surface area contributed by atoms with Crippen molar-refractivity contribution in [2.24, 2.45) is 5.92 Å². The summed E-state index contributed by atoms with van der Waals surface area (Å²) in [5.41, 5.74) is 7.71. The van der Waals surface area contributed by atoms with Gasteiger partial charge in [0, 0.05) is 5.92 Å². The van der Waals surface area contributed by atoms with E-state index in [0.717, 1.165) is 11.0 Å². The van der Waals surface area contributed by atoms with E-state index in [1.807, 2.05) is 12.1 Å². The van der Waals surface area contributed by atoms with Crippen LogP contribution in [0, 0.1) is 33.6 Å². The molecule has 4 heteroatoms. The minimum absolute atomic E-state index is 0.309. The quantitative estimate of drug-likeness (QED) is 0.253. The highest BCUT2D eigenvalue weighted by atomic mass is 31.1. The van der Waals surface area contributed by atoms with Crippen LogP contribution in [0.4, 0.5) is 0 Å². The van der Waals surface area contributed by atoms with Gasteiger partial charge >= 0.3 is 0 Å². The summed E-state index contributed by atoms with van der Waals surface area (Å²) in [6.07, 6.45) is 10.5. The molecule has 0 spiro atoms. The Morgan fingerprint density at radius 2 is 1.20 bits per heavy atom. The number of rotatable bonds is 7. The molecule has 0 saturated carbocycles. The lowest BCUT2D eigenvalue weighted by Gasteiger charge is -2.33. The van der Waals surface area contributed by atoms with Crippen LogP contribution in [0.3, 0.4) is 0 Å². The molecule has 2 aromatic carbocycles. The van der Waals surface area contributed by atoms with E-state index in [1.165, 1.54) is 38.2 Å². The second kappa shape index (κ2) is 10.1. The van der Waals surface area contributed by atoms with Crippen molar-refractivity contribution in [3.63, 3.8) is 0 Å². The Morgan fingerprint density at radius 1 is 0.714 bits per heavy atom. The average Bonchev–Trinajstić information content (AvgIpc) is 3.57. The van der Waals surface area contributed by atoms with Crippen molar-refractivity contribution in [2.45, 2.75) is 40.3 Å². The fourth-order valence-corrected chi connectivity index (χ4v) is 10.9. The maximum Gasteiger partial charge on any atom is 0.137 e. The maximum absolute atomic E-state index is 5.96. The zero-order valence-electron chi connectivity index (χ0n) is 21.0. The van der Waals surface area contributed by atoms with Crippen molar-refractivity contribution < 1.29 is 8.83 Å². The summed E-state index contributed by atoms with van der Waals surface area (Å²) in [6, 6.07) is 22.3. The van der Waals surface area contributed by atoms with E-state index in [0.29, 0.717) is 11.6 Å². The van der Waals surface area contributed by atoms with E-state index in [1.54, 1.807) is 12.5 Å². The molecule has 2 heterocycles. The summed E-state index contributed by atoms with van der Waals surface area (Å²) in [5.74, 6) is 0.309. The Bertz CT molecular complexity index is 1240. The van der Waals surface area contributed by atoms with Gasteiger partial charge in [-0.15, -0.1) is 0 Å². The first kappa shape index (κ1) is 24.1. The van der Waals surface area contributed by atoms with Crippen LogP contribution >= 0.6 is 15.8 Å². The second-order valence-corrected chi connectivity index (χ2v) is 14.2. The molecule has 0 radical (unpaired) electrons. The summed E-state index contributed by atoms with van der Waals surface area (Å²) >= 11 is 0. The third-order valence-corrected chi connectivity index (χ3v) is 11.7. The first-order chi connectivity index (χ1) is 16.9. The Kier molecular flexibility index (Phi) is 6.97. The Morgan fingerprint density at radius 3 is 1.63 bits per heavy atom. The molecular formula is C31H32O2P2. The van der Waals surface area contributed by atoms with E-state index in [9.17, 15) is 0 Å². The van der Waals surface area contributed by atoms with E-state index in [4.69, 9.17) is 8.83 Å². The largest absolute Gasteiger partial charge is 0.464 e. The molecule has 2 atom stereocenters. The number of aryl methyl sites for hydroxylation is 4. The number of hydrogen-bond donors (Lipinski definition) is 0. The number of benzene rings is 2. The Balaban J connectivity index is 1.60. The summed E-state index contributed by atoms with van der Waals surface area (Å²) in [6.45, 7) is 11.3. The van der Waals surface area contributed by atoms with Crippen molar-refractivity contribution in [3.8, 4) is 0 Å². The second-order valence-electron chi connectivity index (χ2n) is 9.54. The summed E-state index contributed by atoms with van der Waals surface area (Å²) in [7, 11) is -1.46. The van der Waals surface area contributed by atoms with Crippen LogP contribution in [0.15, 0.2) is 106 Å². The predicted molar refractivity (Wildman–Crippen MR) is 152 cm³/mol. The Hall–Kier alpha value is -2.66. The van der Waals surface area contributed by atoms with Crippen LogP contribution in [0.25, 0.3) is 0 Å². The van der Waals surface area contributed by atoms with Gasteiger partial charge in [0.05, 0.1) is 20.4 Å². The molecule has 0 aliphatic heterocycles. The zero-order chi connectivity index (χ0) is 24.5. The summed E-state index contributed by atoms with van der Waals surface area (Å²) < 4.78 is 11.9. The van der Waals surface area contributed by atoms with Crippen molar-refractivity contribution in [2.75, 3.05) is 0 Å². The molecule has 5 rings (SSSR count). The van der Waals surface area contributed by atoms with Gasteiger partial charge in [-0.3, -0.25) is 0 Å². The first-order valence-corrected chi connectivity index (χ1v) is 14.9. The van der Waals surface area contributed by atoms with Crippen molar-refractivity contribution >= 4 is 37.5 Å². The van der Waals surface area contributed by atoms with Gasteiger partial charge in [0.25, 0.3) is 0 Å². The van der Waals surface area contributed by atoms with Crippen LogP contribution < -0.4 is 21.6 Å². The molecule has 0 bridgehead atoms. The third-order valence-electron chi connectivity index (χ3n) is 6.53. The minimum atomic E-state index is -0.862. The monoisotopic (exact) mass is 498 g/mol. The molecular weight excluding hydrogens is 466 g/mol. The van der Waals surface area contributed by atoms with Crippen LogP contribution in [-0.4, -0.2) is 5.66 Å². The molecule has 0 N–H and O–H groups in total. The smallest absolute Gasteiger partial charge is 0.137 e. The molecule has 0 fully saturated rings. The standard InChI is InChI=1S/C31H32O2P2/c1-21-15-22(2)18-26(17-21)34(27-19-23(3)16-24(4)20-27)25(5)28-9-6-10-29(28)35(30-11-7-13-32-30)31-12-8-14-33-31/h6-20,25,28H,1-5H3. The van der Waals surface area contributed by atoms with Gasteiger partial charge in [-0.25, -0.2) is 0 Å². The molecule has 0 amide bonds. The molecule has 35 heavy (non-hydrogen) atoms. The molecule has 4 aromatic rings. The normalized spacial score (nSPS) is 16.3. The van der Waals surface area contributed by atoms with Crippen LogP contribution in [0.1, 0.15) is 29.2 Å². The topological polar surface area (TPSA) is 26.3 Å². The van der Waals surface area contributed by atoms with Crippen LogP contribution in [0.5, 0.6) is 0 Å². The number of hydrogen-bond acceptors (Lipinski definition) is 2. The zero-order valence-corrected chi connectivity index (χ0v) is 22.8. The van der Waals surface area contributed by atoms with Crippen molar-refractivity contribution in [1.29, 1.82) is 0 Å². The van der Waals surface area contributed by atoms with Gasteiger partial charge in [0.2, 0.25) is 0 Å². The van der Waals surface area contributed by atoms with Crippen molar-refractivity contribution in [3.05, 3.63) is 119 Å². The molecule has 1 aliphatic rings. The fraction of sp³-hybridized carbons (Fsp3) is 0.226. The van der Waals surface area contributed by atoms with Gasteiger partial charge < -0.3 is 8.83 Å². The highest BCUT2D eigenvalue weighted by molar-refractivity contribution is 7.76. The minimum Gasteiger partial charge on any atom is -0.464 e. The number of allylic oxidation sites excluding steroid dienone is 4. The molecule has 2 nitrogen and oxygen atoms in total. The lowest BCUT2D eigenvalue weighted by molar-refractivity contribution is 0.592. The maximum atomic E-state index is 5.96. The van der Waals surface area contributed by atoms with Gasteiger partial charge in [-0.2, -0.15) is 0 Å². The van der Waals surface area contributed by atoms with Crippen molar-refractivity contribution in [1.82, 2.24) is 0 Å². The van der Waals surface area contributed by atoms with Gasteiger partial charge in [-0.05, 0) is 81.5 Å². The average molecular weight is 499 g/mol. The predicted octanol–water partition coefficient (Wildman–Crippen LogP) is 7.13. The van der Waals surface area contributed by atoms with Gasteiger partial charge in [0.1, 0.15) is 11.0 Å². The number of furan rings is 2. The van der Waals surface area contributed by atoms with E-state index in [2.05, 4.69) is 101 Å². The lowest BCUT2D eigenvalue weighted by Crippen LogP contribution is -2.27. The molecule has 2 unspecified atom stereocenters. The fourth-order valence-electron chi connectivity index (χ4n) is 5.23.